The summed E-state index contributed by atoms with van der Waals surface area (Å²) in [6, 6.07) is 0. The van der Waals surface area contributed by atoms with E-state index in [1.807, 2.05) is 0 Å². The second kappa shape index (κ2) is 3.86. The first-order valence-corrected chi connectivity index (χ1v) is 8.55. The fourth-order valence-electron chi connectivity index (χ4n) is 6.91. The van der Waals surface area contributed by atoms with Crippen molar-refractivity contribution >= 4 is 5.78 Å². The second-order valence-corrected chi connectivity index (χ2v) is 8.66. The molecule has 4 saturated carbocycles. The quantitative estimate of drug-likeness (QED) is 0.622. The zero-order valence-electron chi connectivity index (χ0n) is 12.6. The molecule has 0 saturated heterocycles. The summed E-state index contributed by atoms with van der Waals surface area (Å²) in [5, 5.41) is 0. The van der Waals surface area contributed by atoms with Crippen molar-refractivity contribution in [2.75, 3.05) is 0 Å². The molecule has 1 nitrogen and oxygen atoms in total. The standard InChI is InChI=1S/C18H28O/c1-17-8-3-4-15(17)14-6-5-12-10-13(19)11-18(12,2)16(14)7-9-17/h12,14-16H,3-11H2,1-2H3/t12-,14-,15-,16+,17+,18-/m0/s1. The predicted octanol–water partition coefficient (Wildman–Crippen LogP) is 4.60. The minimum Gasteiger partial charge on any atom is -0.300 e. The Hall–Kier alpha value is -0.330. The number of carbonyl (C=O) groups excluding carboxylic acids is 1. The molecule has 19 heavy (non-hydrogen) atoms. The first kappa shape index (κ1) is 12.4. The molecule has 0 amide bonds. The summed E-state index contributed by atoms with van der Waals surface area (Å²) >= 11 is 0. The fourth-order valence-corrected chi connectivity index (χ4v) is 6.91. The van der Waals surface area contributed by atoms with Crippen LogP contribution in [-0.4, -0.2) is 5.78 Å². The molecule has 0 spiro atoms. The number of hydrogen-bond acceptors (Lipinski definition) is 1. The van der Waals surface area contributed by atoms with E-state index in [9.17, 15) is 4.79 Å². The average molecular weight is 260 g/mol. The Labute approximate surface area is 117 Å². The zero-order chi connectivity index (χ0) is 13.3. The third-order valence-electron chi connectivity index (χ3n) is 7.90. The Kier molecular flexibility index (Phi) is 2.52. The molecular formula is C18H28O. The van der Waals surface area contributed by atoms with Crippen molar-refractivity contribution in [2.24, 2.45) is 34.5 Å². The van der Waals surface area contributed by atoms with Gasteiger partial charge in [-0.15, -0.1) is 0 Å². The van der Waals surface area contributed by atoms with Crippen LogP contribution in [0.5, 0.6) is 0 Å². The summed E-state index contributed by atoms with van der Waals surface area (Å²) in [7, 11) is 0. The fraction of sp³-hybridized carbons (Fsp3) is 0.944. The highest BCUT2D eigenvalue weighted by atomic mass is 16.1. The first-order chi connectivity index (χ1) is 9.03. The van der Waals surface area contributed by atoms with Crippen LogP contribution in [-0.2, 0) is 4.79 Å². The Morgan fingerprint density at radius 1 is 1.00 bits per heavy atom. The van der Waals surface area contributed by atoms with Crippen molar-refractivity contribution in [3.63, 3.8) is 0 Å². The van der Waals surface area contributed by atoms with Crippen molar-refractivity contribution in [1.82, 2.24) is 0 Å². The lowest BCUT2D eigenvalue weighted by Gasteiger charge is -2.56. The second-order valence-electron chi connectivity index (χ2n) is 8.66. The van der Waals surface area contributed by atoms with Crippen LogP contribution < -0.4 is 0 Å². The summed E-state index contributed by atoms with van der Waals surface area (Å²) in [6.45, 7) is 5.03. The van der Waals surface area contributed by atoms with Gasteiger partial charge in [-0.1, -0.05) is 20.3 Å². The van der Waals surface area contributed by atoms with E-state index < -0.39 is 0 Å². The van der Waals surface area contributed by atoms with E-state index in [2.05, 4.69) is 13.8 Å². The largest absolute Gasteiger partial charge is 0.300 e. The van der Waals surface area contributed by atoms with Crippen molar-refractivity contribution < 1.29 is 4.79 Å². The van der Waals surface area contributed by atoms with E-state index in [-0.39, 0.29) is 0 Å². The highest BCUT2D eigenvalue weighted by molar-refractivity contribution is 5.82. The lowest BCUT2D eigenvalue weighted by Crippen LogP contribution is -2.49. The van der Waals surface area contributed by atoms with E-state index in [4.69, 9.17) is 0 Å². The Bertz CT molecular complexity index is 414. The van der Waals surface area contributed by atoms with Gasteiger partial charge in [-0.3, -0.25) is 4.79 Å². The molecule has 0 heterocycles. The molecule has 0 aromatic carbocycles. The molecule has 4 fully saturated rings. The molecule has 4 aliphatic carbocycles. The van der Waals surface area contributed by atoms with Gasteiger partial charge in [-0.2, -0.15) is 0 Å². The molecule has 0 N–H and O–H groups in total. The Balaban J connectivity index is 1.67. The molecule has 0 aliphatic heterocycles. The summed E-state index contributed by atoms with van der Waals surface area (Å²) in [6.07, 6.45) is 11.8. The highest BCUT2D eigenvalue weighted by Crippen LogP contribution is 2.66. The summed E-state index contributed by atoms with van der Waals surface area (Å²) < 4.78 is 0. The van der Waals surface area contributed by atoms with E-state index in [0.717, 1.165) is 36.5 Å². The summed E-state index contributed by atoms with van der Waals surface area (Å²) in [5.74, 6) is 4.10. The minimum atomic E-state index is 0.379. The van der Waals surface area contributed by atoms with Crippen molar-refractivity contribution in [1.29, 1.82) is 0 Å². The molecule has 0 aromatic rings. The number of Topliss-reactive ketones (excluding diaryl/α,β-unsaturated/α-hetero) is 1. The normalized spacial score (nSPS) is 56.6. The molecule has 6 atom stereocenters. The maximum Gasteiger partial charge on any atom is 0.133 e. The molecule has 4 rings (SSSR count). The van der Waals surface area contributed by atoms with E-state index in [1.54, 1.807) is 0 Å². The van der Waals surface area contributed by atoms with Gasteiger partial charge in [-0.25, -0.2) is 0 Å². The van der Waals surface area contributed by atoms with E-state index in [1.165, 1.54) is 44.9 Å². The molecule has 0 radical (unpaired) electrons. The number of fused-ring (bicyclic) bond motifs is 5. The molecule has 4 aliphatic rings. The molecular weight excluding hydrogens is 232 g/mol. The maximum absolute atomic E-state index is 12.0. The van der Waals surface area contributed by atoms with Gasteiger partial charge >= 0.3 is 0 Å². The average Bonchev–Trinajstić information content (AvgIpc) is 2.87. The van der Waals surface area contributed by atoms with Crippen molar-refractivity contribution in [3.05, 3.63) is 0 Å². The Morgan fingerprint density at radius 3 is 2.68 bits per heavy atom. The SMILES string of the molecule is C[C@]12CCC[C@H]1[C@@H]1CC[C@H]3CC(=O)C[C@]3(C)[C@@H]1CC2. The van der Waals surface area contributed by atoms with Crippen LogP contribution in [0.4, 0.5) is 0 Å². The van der Waals surface area contributed by atoms with Gasteiger partial charge < -0.3 is 0 Å². The lowest BCUT2D eigenvalue weighted by atomic mass is 9.48. The van der Waals surface area contributed by atoms with Crippen LogP contribution in [0, 0.1) is 34.5 Å². The van der Waals surface area contributed by atoms with Gasteiger partial charge in [0.2, 0.25) is 0 Å². The van der Waals surface area contributed by atoms with Crippen molar-refractivity contribution in [3.8, 4) is 0 Å². The number of carbonyl (C=O) groups is 1. The van der Waals surface area contributed by atoms with Crippen LogP contribution in [0.2, 0.25) is 0 Å². The lowest BCUT2D eigenvalue weighted by molar-refractivity contribution is -0.118. The minimum absolute atomic E-state index is 0.379. The van der Waals surface area contributed by atoms with Gasteiger partial charge in [0, 0.05) is 12.8 Å². The molecule has 0 aromatic heterocycles. The van der Waals surface area contributed by atoms with Gasteiger partial charge in [0.15, 0.2) is 0 Å². The topological polar surface area (TPSA) is 17.1 Å². The van der Waals surface area contributed by atoms with Crippen LogP contribution in [0.1, 0.15) is 71.6 Å². The van der Waals surface area contributed by atoms with Crippen LogP contribution in [0.15, 0.2) is 0 Å². The van der Waals surface area contributed by atoms with Gasteiger partial charge in [0.1, 0.15) is 5.78 Å². The van der Waals surface area contributed by atoms with Crippen LogP contribution >= 0.6 is 0 Å². The zero-order valence-corrected chi connectivity index (χ0v) is 12.6. The molecule has 106 valence electrons. The third kappa shape index (κ3) is 1.56. The number of rotatable bonds is 0. The predicted molar refractivity (Wildman–Crippen MR) is 76.7 cm³/mol. The monoisotopic (exact) mass is 260 g/mol. The summed E-state index contributed by atoms with van der Waals surface area (Å²) in [5.41, 5.74) is 1.04. The Morgan fingerprint density at radius 2 is 1.84 bits per heavy atom. The highest BCUT2D eigenvalue weighted by Gasteiger charge is 2.59. The van der Waals surface area contributed by atoms with E-state index in [0.29, 0.717) is 16.6 Å². The van der Waals surface area contributed by atoms with E-state index >= 15 is 0 Å². The first-order valence-electron chi connectivity index (χ1n) is 8.55. The van der Waals surface area contributed by atoms with Crippen LogP contribution in [0.25, 0.3) is 0 Å². The third-order valence-corrected chi connectivity index (χ3v) is 7.90. The van der Waals surface area contributed by atoms with Gasteiger partial charge in [0.25, 0.3) is 0 Å². The number of ketones is 1. The smallest absolute Gasteiger partial charge is 0.133 e. The summed E-state index contributed by atoms with van der Waals surface area (Å²) in [4.78, 5) is 12.0. The van der Waals surface area contributed by atoms with Gasteiger partial charge in [-0.05, 0) is 73.0 Å². The number of hydrogen-bond donors (Lipinski definition) is 0. The van der Waals surface area contributed by atoms with Crippen LogP contribution in [0.3, 0.4) is 0 Å². The van der Waals surface area contributed by atoms with Gasteiger partial charge in [0.05, 0.1) is 0 Å². The molecule has 0 unspecified atom stereocenters. The molecule has 1 heteroatoms. The van der Waals surface area contributed by atoms with Crippen molar-refractivity contribution in [2.45, 2.75) is 71.6 Å². The molecule has 0 bridgehead atoms. The maximum atomic E-state index is 12.0.